The molecule has 0 radical (unpaired) electrons. The largest absolute Gasteiger partial charge is 0.495 e. The predicted molar refractivity (Wildman–Crippen MR) is 186 cm³/mol. The summed E-state index contributed by atoms with van der Waals surface area (Å²) < 4.78 is 72.7. The highest BCUT2D eigenvalue weighted by atomic mass is 19.4. The molecular formula is C37H41F3N4O7. The Bertz CT molecular complexity index is 1870. The van der Waals surface area contributed by atoms with Crippen molar-refractivity contribution in [3.05, 3.63) is 77.4 Å². The molecule has 4 aromatic rings. The summed E-state index contributed by atoms with van der Waals surface area (Å²) in [5.74, 6) is -0.942. The number of nitrogens with zero attached hydrogens (tertiary/aromatic N) is 3. The first kappa shape index (κ1) is 36.9. The molecule has 0 unspecified atom stereocenters. The van der Waals surface area contributed by atoms with E-state index in [9.17, 15) is 9.59 Å². The van der Waals surface area contributed by atoms with Gasteiger partial charge in [-0.3, -0.25) is 0 Å². The second-order valence-electron chi connectivity index (χ2n) is 12.7. The zero-order chi connectivity index (χ0) is 36.9. The van der Waals surface area contributed by atoms with E-state index in [1.54, 1.807) is 23.1 Å². The number of anilines is 3. The van der Waals surface area contributed by atoms with E-state index in [1.807, 2.05) is 56.0 Å². The maximum atomic E-state index is 15.0. The van der Waals surface area contributed by atoms with Crippen molar-refractivity contribution in [3.8, 4) is 17.2 Å². The molecule has 1 amide bonds. The van der Waals surface area contributed by atoms with Crippen molar-refractivity contribution in [2.45, 2.75) is 46.1 Å². The number of amides is 1. The van der Waals surface area contributed by atoms with E-state index in [2.05, 4.69) is 10.3 Å². The normalized spacial score (nSPS) is 13.5. The van der Waals surface area contributed by atoms with Gasteiger partial charge in [0.1, 0.15) is 29.3 Å². The summed E-state index contributed by atoms with van der Waals surface area (Å²) in [6.45, 7) is 8.67. The second kappa shape index (κ2) is 15.2. The summed E-state index contributed by atoms with van der Waals surface area (Å²) in [6, 6.07) is 16.6. The van der Waals surface area contributed by atoms with Gasteiger partial charge in [-0.15, -0.1) is 0 Å². The number of pyridine rings is 1. The number of carbonyl (C=O) groups excluding carboxylic acids is 2. The van der Waals surface area contributed by atoms with E-state index >= 15 is 13.2 Å². The molecule has 272 valence electrons. The minimum atomic E-state index is -4.99. The number of aromatic nitrogens is 1. The van der Waals surface area contributed by atoms with Crippen LogP contribution in [0.4, 0.5) is 35.2 Å². The number of piperazine rings is 1. The van der Waals surface area contributed by atoms with E-state index < -0.39 is 28.9 Å². The van der Waals surface area contributed by atoms with Gasteiger partial charge < -0.3 is 38.8 Å². The molecule has 1 fully saturated rings. The third-order valence-electron chi connectivity index (χ3n) is 7.99. The first-order valence-corrected chi connectivity index (χ1v) is 16.4. The van der Waals surface area contributed by atoms with Gasteiger partial charge >= 0.3 is 18.2 Å². The Kier molecular flexibility index (Phi) is 11.0. The topological polar surface area (TPSA) is 112 Å². The molecule has 0 bridgehead atoms. The van der Waals surface area contributed by atoms with Crippen LogP contribution < -0.4 is 24.4 Å². The number of hydrogen-bond acceptors (Lipinski definition) is 10. The Balaban J connectivity index is 1.51. The van der Waals surface area contributed by atoms with Gasteiger partial charge in [0.2, 0.25) is 0 Å². The van der Waals surface area contributed by atoms with Gasteiger partial charge in [0.15, 0.2) is 11.5 Å². The summed E-state index contributed by atoms with van der Waals surface area (Å²) >= 11 is 0. The Labute approximate surface area is 294 Å². The SMILES string of the molecule is CCOC(=O)c1c(Nc2ccc(N3CCN(C(=O)OC(C)(C)C)CC3)c(OC)c2)nc2cc(OC)c(OCc3ccccc3)cc2c1C(F)(F)F. The summed E-state index contributed by atoms with van der Waals surface area (Å²) in [7, 11) is 2.85. The molecule has 0 aliphatic carbocycles. The predicted octanol–water partition coefficient (Wildman–Crippen LogP) is 7.83. The van der Waals surface area contributed by atoms with Gasteiger partial charge in [-0.1, -0.05) is 30.3 Å². The summed E-state index contributed by atoms with van der Waals surface area (Å²) in [5.41, 5.74) is -0.890. The lowest BCUT2D eigenvalue weighted by molar-refractivity contribution is -0.136. The van der Waals surface area contributed by atoms with Crippen molar-refractivity contribution in [3.63, 3.8) is 0 Å². The average Bonchev–Trinajstić information content (AvgIpc) is 3.09. The molecule has 1 aromatic heterocycles. The number of benzene rings is 3. The number of methoxy groups -OCH3 is 2. The third-order valence-corrected chi connectivity index (χ3v) is 7.99. The Morgan fingerprint density at radius 2 is 1.57 bits per heavy atom. The molecule has 1 aliphatic rings. The van der Waals surface area contributed by atoms with Gasteiger partial charge in [0.05, 0.1) is 37.6 Å². The van der Waals surface area contributed by atoms with E-state index in [-0.39, 0.29) is 47.5 Å². The van der Waals surface area contributed by atoms with Crippen LogP contribution in [0.3, 0.4) is 0 Å². The first-order valence-electron chi connectivity index (χ1n) is 16.4. The quantitative estimate of drug-likeness (QED) is 0.164. The minimum Gasteiger partial charge on any atom is -0.495 e. The fourth-order valence-electron chi connectivity index (χ4n) is 5.68. The van der Waals surface area contributed by atoms with E-state index in [0.717, 1.165) is 5.56 Å². The smallest absolute Gasteiger partial charge is 0.418 e. The Morgan fingerprint density at radius 1 is 0.882 bits per heavy atom. The molecule has 5 rings (SSSR count). The van der Waals surface area contributed by atoms with Crippen molar-refractivity contribution in [2.24, 2.45) is 0 Å². The number of esters is 1. The van der Waals surface area contributed by atoms with Crippen molar-refractivity contribution in [1.82, 2.24) is 9.88 Å². The van der Waals surface area contributed by atoms with Crippen LogP contribution in [-0.4, -0.2) is 74.6 Å². The average molecular weight is 711 g/mol. The molecule has 3 aromatic carbocycles. The molecule has 0 atom stereocenters. The lowest BCUT2D eigenvalue weighted by Crippen LogP contribution is -2.50. The maximum Gasteiger partial charge on any atom is 0.418 e. The molecular weight excluding hydrogens is 669 g/mol. The number of carbonyl (C=O) groups is 2. The number of rotatable bonds is 10. The van der Waals surface area contributed by atoms with Crippen molar-refractivity contribution >= 4 is 40.2 Å². The lowest BCUT2D eigenvalue weighted by atomic mass is 10.0. The highest BCUT2D eigenvalue weighted by Crippen LogP contribution is 2.44. The summed E-state index contributed by atoms with van der Waals surface area (Å²) in [5, 5.41) is 2.55. The first-order chi connectivity index (χ1) is 24.2. The molecule has 2 heterocycles. The lowest BCUT2D eigenvalue weighted by Gasteiger charge is -2.37. The van der Waals surface area contributed by atoms with Crippen molar-refractivity contribution < 1.29 is 46.4 Å². The van der Waals surface area contributed by atoms with Crippen LogP contribution in [0, 0.1) is 0 Å². The minimum absolute atomic E-state index is 0.0453. The number of hydrogen-bond donors (Lipinski definition) is 1. The van der Waals surface area contributed by atoms with E-state index in [0.29, 0.717) is 43.3 Å². The van der Waals surface area contributed by atoms with Gasteiger partial charge in [-0.2, -0.15) is 13.2 Å². The second-order valence-corrected chi connectivity index (χ2v) is 12.7. The van der Waals surface area contributed by atoms with Crippen LogP contribution in [0.2, 0.25) is 0 Å². The van der Waals surface area contributed by atoms with Crippen molar-refractivity contribution in [2.75, 3.05) is 57.2 Å². The molecule has 14 heteroatoms. The standard InChI is InChI=1S/C37H41F3N4O7/c1-7-49-34(45)31-32(37(38,39)40)25-20-30(50-22-23-11-9-8-10-12-23)29(48-6)21-26(25)42-33(31)41-24-13-14-27(28(19-24)47-5)43-15-17-44(18-16-43)35(46)51-36(2,3)4/h8-14,19-21H,7,15-18,22H2,1-6H3,(H,41,42). The highest BCUT2D eigenvalue weighted by molar-refractivity contribution is 6.04. The third kappa shape index (κ3) is 8.67. The van der Waals surface area contributed by atoms with Crippen LogP contribution in [-0.2, 0) is 22.3 Å². The van der Waals surface area contributed by atoms with Crippen LogP contribution in [0.25, 0.3) is 10.9 Å². The van der Waals surface area contributed by atoms with Gasteiger partial charge in [-0.25, -0.2) is 14.6 Å². The van der Waals surface area contributed by atoms with Gasteiger partial charge in [0.25, 0.3) is 0 Å². The fraction of sp³-hybridized carbons (Fsp3) is 0.378. The van der Waals surface area contributed by atoms with Gasteiger partial charge in [0, 0.05) is 49.4 Å². The number of fused-ring (bicyclic) bond motifs is 1. The Morgan fingerprint density at radius 3 is 2.18 bits per heavy atom. The molecule has 51 heavy (non-hydrogen) atoms. The van der Waals surface area contributed by atoms with E-state index in [1.165, 1.54) is 33.3 Å². The zero-order valence-electron chi connectivity index (χ0n) is 29.3. The summed E-state index contributed by atoms with van der Waals surface area (Å²) in [4.78, 5) is 34.0. The van der Waals surface area contributed by atoms with Crippen LogP contribution >= 0.6 is 0 Å². The Hall–Kier alpha value is -5.40. The fourth-order valence-corrected chi connectivity index (χ4v) is 5.68. The zero-order valence-corrected chi connectivity index (χ0v) is 29.3. The number of alkyl halides is 3. The van der Waals surface area contributed by atoms with E-state index in [4.69, 9.17) is 23.7 Å². The van der Waals surface area contributed by atoms with Crippen LogP contribution in [0.5, 0.6) is 17.2 Å². The number of ether oxygens (including phenoxy) is 5. The molecule has 11 nitrogen and oxygen atoms in total. The van der Waals surface area contributed by atoms with Crippen LogP contribution in [0.1, 0.15) is 49.2 Å². The maximum absolute atomic E-state index is 15.0. The molecule has 1 aliphatic heterocycles. The summed E-state index contributed by atoms with van der Waals surface area (Å²) in [6.07, 6.45) is -5.38. The number of nitrogens with one attached hydrogen (secondary N) is 1. The monoisotopic (exact) mass is 710 g/mol. The molecule has 0 saturated carbocycles. The highest BCUT2D eigenvalue weighted by Gasteiger charge is 2.41. The number of halogens is 3. The van der Waals surface area contributed by atoms with Gasteiger partial charge in [-0.05, 0) is 51.5 Å². The molecule has 1 N–H and O–H groups in total. The molecule has 1 saturated heterocycles. The molecule has 0 spiro atoms. The van der Waals surface area contributed by atoms with Crippen molar-refractivity contribution in [1.29, 1.82) is 0 Å². The van der Waals surface area contributed by atoms with Crippen LogP contribution in [0.15, 0.2) is 60.7 Å².